The Hall–Kier alpha value is -2.96. The molecule has 2 aliphatic carbocycles. The van der Waals surface area contributed by atoms with Crippen LogP contribution < -0.4 is 0 Å². The van der Waals surface area contributed by atoms with Crippen LogP contribution in [0.3, 0.4) is 0 Å². The molecule has 2 aromatic carbocycles. The lowest BCUT2D eigenvalue weighted by atomic mass is 9.62. The predicted molar refractivity (Wildman–Crippen MR) is 109 cm³/mol. The molecule has 1 saturated carbocycles. The fourth-order valence-corrected chi connectivity index (χ4v) is 5.52. The first kappa shape index (κ1) is 20.0. The summed E-state index contributed by atoms with van der Waals surface area (Å²) in [5, 5.41) is 9.70. The van der Waals surface area contributed by atoms with Crippen molar-refractivity contribution in [2.24, 2.45) is 5.41 Å². The molecule has 1 saturated heterocycles. The van der Waals surface area contributed by atoms with Crippen molar-refractivity contribution in [2.75, 3.05) is 13.2 Å². The number of aliphatic carboxylic acids is 1. The van der Waals surface area contributed by atoms with Crippen LogP contribution in [0.2, 0.25) is 0 Å². The Labute approximate surface area is 178 Å². The summed E-state index contributed by atoms with van der Waals surface area (Å²) in [6.45, 7) is 0.248. The second-order valence-corrected chi connectivity index (χ2v) is 8.89. The molecule has 2 fully saturated rings. The largest absolute Gasteiger partial charge is 0.480 e. The smallest absolute Gasteiger partial charge is 0.410 e. The first-order chi connectivity index (χ1) is 14.8. The SMILES string of the molecule is O=C(O)C1N(C(=O)OCC2c3ccccc3-c3ccccc32)CC12CCC(F)(F)CC2. The number of carbonyl (C=O) groups excluding carboxylic acids is 1. The maximum Gasteiger partial charge on any atom is 0.410 e. The van der Waals surface area contributed by atoms with Crippen LogP contribution in [0.25, 0.3) is 11.1 Å². The molecule has 7 heteroatoms. The summed E-state index contributed by atoms with van der Waals surface area (Å²) >= 11 is 0. The van der Waals surface area contributed by atoms with Gasteiger partial charge in [0.1, 0.15) is 12.6 Å². The van der Waals surface area contributed by atoms with Crippen molar-refractivity contribution in [1.29, 1.82) is 0 Å². The molecule has 1 amide bonds. The molecule has 5 rings (SSSR count). The summed E-state index contributed by atoms with van der Waals surface area (Å²) in [7, 11) is 0. The lowest BCUT2D eigenvalue weighted by molar-refractivity contribution is -0.176. The summed E-state index contributed by atoms with van der Waals surface area (Å²) in [5.74, 6) is -4.04. The number of rotatable bonds is 3. The van der Waals surface area contributed by atoms with Crippen molar-refractivity contribution in [2.45, 2.75) is 43.6 Å². The highest BCUT2D eigenvalue weighted by Crippen LogP contribution is 2.53. The van der Waals surface area contributed by atoms with Crippen LogP contribution in [0.5, 0.6) is 0 Å². The molecule has 1 unspecified atom stereocenters. The van der Waals surface area contributed by atoms with Gasteiger partial charge >= 0.3 is 12.1 Å². The average molecular weight is 427 g/mol. The molecule has 1 aliphatic heterocycles. The molecule has 0 radical (unpaired) electrons. The third-order valence-corrected chi connectivity index (χ3v) is 7.16. The van der Waals surface area contributed by atoms with Gasteiger partial charge in [0.2, 0.25) is 5.92 Å². The molecular formula is C24H23F2NO4. The summed E-state index contributed by atoms with van der Waals surface area (Å²) in [6.07, 6.45) is -1.17. The molecule has 162 valence electrons. The monoisotopic (exact) mass is 427 g/mol. The van der Waals surface area contributed by atoms with E-state index in [1.807, 2.05) is 48.5 Å². The summed E-state index contributed by atoms with van der Waals surface area (Å²) in [4.78, 5) is 25.8. The molecule has 1 atom stereocenters. The van der Waals surface area contributed by atoms with E-state index in [9.17, 15) is 23.5 Å². The minimum atomic E-state index is -2.75. The zero-order valence-corrected chi connectivity index (χ0v) is 16.9. The standard InChI is InChI=1S/C24H23F2NO4/c25-24(26)11-9-23(10-12-24)14-27(20(23)21(28)29)22(30)31-13-19-17-7-3-1-5-15(17)16-6-2-4-8-18(16)19/h1-8,19-20H,9-14H2,(H,28,29). The van der Waals surface area contributed by atoms with Gasteiger partial charge in [-0.1, -0.05) is 48.5 Å². The number of amides is 1. The van der Waals surface area contributed by atoms with E-state index in [1.165, 1.54) is 4.90 Å². The Morgan fingerprint density at radius 2 is 1.52 bits per heavy atom. The lowest BCUT2D eigenvalue weighted by Gasteiger charge is -2.57. The number of carboxylic acid groups (broad SMARTS) is 1. The zero-order chi connectivity index (χ0) is 21.8. The summed E-state index contributed by atoms with van der Waals surface area (Å²) in [5.41, 5.74) is 3.57. The van der Waals surface area contributed by atoms with Gasteiger partial charge in [0.05, 0.1) is 0 Å². The molecule has 31 heavy (non-hydrogen) atoms. The first-order valence-corrected chi connectivity index (χ1v) is 10.5. The highest BCUT2D eigenvalue weighted by atomic mass is 19.3. The van der Waals surface area contributed by atoms with E-state index >= 15 is 0 Å². The molecule has 3 aliphatic rings. The van der Waals surface area contributed by atoms with Gasteiger partial charge < -0.3 is 9.84 Å². The Morgan fingerprint density at radius 3 is 2.06 bits per heavy atom. The summed E-state index contributed by atoms with van der Waals surface area (Å²) < 4.78 is 32.7. The van der Waals surface area contributed by atoms with E-state index in [2.05, 4.69) is 0 Å². The first-order valence-electron chi connectivity index (χ1n) is 10.5. The highest BCUT2D eigenvalue weighted by Gasteiger charge is 2.61. The molecule has 5 nitrogen and oxygen atoms in total. The summed E-state index contributed by atoms with van der Waals surface area (Å²) in [6, 6.07) is 14.8. The van der Waals surface area contributed by atoms with Crippen molar-refractivity contribution in [3.05, 3.63) is 59.7 Å². The number of alkyl halides is 2. The van der Waals surface area contributed by atoms with Crippen LogP contribution >= 0.6 is 0 Å². The number of carboxylic acids is 1. The highest BCUT2D eigenvalue weighted by molar-refractivity contribution is 5.84. The van der Waals surface area contributed by atoms with E-state index in [-0.39, 0.29) is 44.8 Å². The molecule has 2 aromatic rings. The number of hydrogen-bond acceptors (Lipinski definition) is 3. The van der Waals surface area contributed by atoms with E-state index in [0.717, 1.165) is 22.3 Å². The third kappa shape index (κ3) is 3.18. The number of halogens is 2. The van der Waals surface area contributed by atoms with Crippen LogP contribution in [0.15, 0.2) is 48.5 Å². The van der Waals surface area contributed by atoms with Crippen molar-refractivity contribution in [1.82, 2.24) is 4.90 Å². The van der Waals surface area contributed by atoms with Crippen molar-refractivity contribution in [3.63, 3.8) is 0 Å². The Balaban J connectivity index is 1.30. The molecule has 1 N–H and O–H groups in total. The Kier molecular flexibility index (Phi) is 4.53. The second kappa shape index (κ2) is 7.04. The number of benzene rings is 2. The number of ether oxygens (including phenoxy) is 1. The molecule has 1 heterocycles. The normalized spacial score (nSPS) is 23.0. The van der Waals surface area contributed by atoms with Crippen molar-refractivity contribution >= 4 is 12.1 Å². The maximum absolute atomic E-state index is 13.6. The van der Waals surface area contributed by atoms with Gasteiger partial charge in [-0.2, -0.15) is 0 Å². The molecule has 0 bridgehead atoms. The maximum atomic E-state index is 13.6. The van der Waals surface area contributed by atoms with E-state index in [1.54, 1.807) is 0 Å². The van der Waals surface area contributed by atoms with Gasteiger partial charge in [0.15, 0.2) is 0 Å². The topological polar surface area (TPSA) is 66.8 Å². The fraction of sp³-hybridized carbons (Fsp3) is 0.417. The van der Waals surface area contributed by atoms with Gasteiger partial charge in [0, 0.05) is 30.7 Å². The Bertz CT molecular complexity index is 998. The zero-order valence-electron chi connectivity index (χ0n) is 16.9. The minimum Gasteiger partial charge on any atom is -0.480 e. The van der Waals surface area contributed by atoms with Crippen molar-refractivity contribution < 1.29 is 28.2 Å². The van der Waals surface area contributed by atoms with Crippen LogP contribution in [0, 0.1) is 5.41 Å². The molecular weight excluding hydrogens is 404 g/mol. The number of fused-ring (bicyclic) bond motifs is 3. The van der Waals surface area contributed by atoms with E-state index < -0.39 is 29.4 Å². The average Bonchev–Trinajstić information content (AvgIpc) is 3.04. The number of likely N-dealkylation sites (tertiary alicyclic amines) is 1. The number of carbonyl (C=O) groups is 2. The molecule has 1 spiro atoms. The van der Waals surface area contributed by atoms with Gasteiger partial charge in [-0.25, -0.2) is 18.4 Å². The van der Waals surface area contributed by atoms with Gasteiger partial charge in [-0.05, 0) is 35.1 Å². The molecule has 0 aromatic heterocycles. The van der Waals surface area contributed by atoms with E-state index in [4.69, 9.17) is 4.74 Å². The minimum absolute atomic E-state index is 0.0980. The predicted octanol–water partition coefficient (Wildman–Crippen LogP) is 4.90. The van der Waals surface area contributed by atoms with Gasteiger partial charge in [-0.3, -0.25) is 4.90 Å². The Morgan fingerprint density at radius 1 is 0.968 bits per heavy atom. The second-order valence-electron chi connectivity index (χ2n) is 8.89. The number of nitrogens with zero attached hydrogens (tertiary/aromatic N) is 1. The van der Waals surface area contributed by atoms with Crippen LogP contribution in [0.1, 0.15) is 42.7 Å². The fourth-order valence-electron chi connectivity index (χ4n) is 5.52. The van der Waals surface area contributed by atoms with E-state index in [0.29, 0.717) is 0 Å². The quantitative estimate of drug-likeness (QED) is 0.757. The van der Waals surface area contributed by atoms with Crippen LogP contribution in [-0.2, 0) is 9.53 Å². The van der Waals surface area contributed by atoms with Crippen molar-refractivity contribution in [3.8, 4) is 11.1 Å². The van der Waals surface area contributed by atoms with Crippen LogP contribution in [-0.4, -0.2) is 47.2 Å². The van der Waals surface area contributed by atoms with Gasteiger partial charge in [-0.15, -0.1) is 0 Å². The third-order valence-electron chi connectivity index (χ3n) is 7.16. The number of hydrogen-bond donors (Lipinski definition) is 1. The van der Waals surface area contributed by atoms with Crippen LogP contribution in [0.4, 0.5) is 13.6 Å². The van der Waals surface area contributed by atoms with Gasteiger partial charge in [0.25, 0.3) is 0 Å². The lowest BCUT2D eigenvalue weighted by Crippen LogP contribution is -2.70.